The Morgan fingerprint density at radius 1 is 1.29 bits per heavy atom. The number of nitrogens with zero attached hydrogens (tertiary/aromatic N) is 1. The van der Waals surface area contributed by atoms with E-state index in [0.29, 0.717) is 6.54 Å². The third-order valence-electron chi connectivity index (χ3n) is 2.01. The van der Waals surface area contributed by atoms with Gasteiger partial charge in [-0.25, -0.2) is 4.68 Å². The van der Waals surface area contributed by atoms with E-state index in [2.05, 4.69) is 21.0 Å². The Hall–Kier alpha value is -1.29. The van der Waals surface area contributed by atoms with Crippen molar-refractivity contribution in [2.75, 3.05) is 0 Å². The average molecular weight is 253 g/mol. The van der Waals surface area contributed by atoms with Crippen LogP contribution in [0.3, 0.4) is 0 Å². The average Bonchev–Trinajstić information content (AvgIpc) is 2.56. The zero-order valence-corrected chi connectivity index (χ0v) is 8.99. The summed E-state index contributed by atoms with van der Waals surface area (Å²) in [6.45, 7) is 0.563. The zero-order chi connectivity index (χ0) is 9.97. The second-order valence-electron chi connectivity index (χ2n) is 2.98. The van der Waals surface area contributed by atoms with Crippen molar-refractivity contribution in [3.05, 3.63) is 56.9 Å². The highest BCUT2D eigenvalue weighted by atomic mass is 79.9. The summed E-state index contributed by atoms with van der Waals surface area (Å²) in [5.74, 6) is 0. The lowest BCUT2D eigenvalue weighted by molar-refractivity contribution is 0.662. The van der Waals surface area contributed by atoms with E-state index in [1.165, 1.54) is 6.07 Å². The van der Waals surface area contributed by atoms with Gasteiger partial charge in [0.2, 0.25) is 0 Å². The van der Waals surface area contributed by atoms with Gasteiger partial charge in [-0.3, -0.25) is 4.79 Å². The molecule has 1 heterocycles. The van der Waals surface area contributed by atoms with E-state index in [1.54, 1.807) is 10.9 Å². The quantitative estimate of drug-likeness (QED) is 0.873. The van der Waals surface area contributed by atoms with Crippen LogP contribution in [0.2, 0.25) is 0 Å². The first-order valence-electron chi connectivity index (χ1n) is 4.25. The Balaban J connectivity index is 2.32. The third kappa shape index (κ3) is 1.80. The number of hydrogen-bond acceptors (Lipinski definition) is 1. The van der Waals surface area contributed by atoms with Crippen LogP contribution >= 0.6 is 15.9 Å². The van der Waals surface area contributed by atoms with E-state index >= 15 is 0 Å². The number of benzene rings is 1. The van der Waals surface area contributed by atoms with Gasteiger partial charge in [-0.1, -0.05) is 34.1 Å². The van der Waals surface area contributed by atoms with Crippen LogP contribution in [0.4, 0.5) is 0 Å². The molecule has 0 aliphatic heterocycles. The largest absolute Gasteiger partial charge is 0.303 e. The van der Waals surface area contributed by atoms with Crippen molar-refractivity contribution in [2.45, 2.75) is 6.54 Å². The predicted molar refractivity (Wildman–Crippen MR) is 58.3 cm³/mol. The van der Waals surface area contributed by atoms with Gasteiger partial charge in [0.15, 0.2) is 0 Å². The fraction of sp³-hybridized carbons (Fsp3) is 0.100. The van der Waals surface area contributed by atoms with Crippen molar-refractivity contribution in [1.82, 2.24) is 9.78 Å². The molecule has 1 aromatic carbocycles. The normalized spacial score (nSPS) is 10.4. The van der Waals surface area contributed by atoms with Gasteiger partial charge in [-0.05, 0) is 11.6 Å². The SMILES string of the molecule is O=c1cc[nH]n1Cc1ccccc1Br. The number of rotatable bonds is 2. The summed E-state index contributed by atoms with van der Waals surface area (Å²) >= 11 is 3.44. The molecule has 0 saturated heterocycles. The zero-order valence-electron chi connectivity index (χ0n) is 7.40. The Morgan fingerprint density at radius 3 is 2.71 bits per heavy atom. The van der Waals surface area contributed by atoms with Gasteiger partial charge >= 0.3 is 0 Å². The van der Waals surface area contributed by atoms with Crippen LogP contribution in [0.25, 0.3) is 0 Å². The molecule has 0 fully saturated rings. The Labute approximate surface area is 89.5 Å². The molecule has 72 valence electrons. The van der Waals surface area contributed by atoms with Gasteiger partial charge in [0.05, 0.1) is 6.54 Å². The molecule has 0 amide bonds. The molecule has 0 bridgehead atoms. The Bertz CT molecular complexity index is 487. The van der Waals surface area contributed by atoms with Gasteiger partial charge in [-0.2, -0.15) is 0 Å². The second kappa shape index (κ2) is 3.84. The molecule has 0 aliphatic rings. The van der Waals surface area contributed by atoms with E-state index < -0.39 is 0 Å². The van der Waals surface area contributed by atoms with Crippen molar-refractivity contribution >= 4 is 15.9 Å². The number of aromatic nitrogens is 2. The molecule has 0 aliphatic carbocycles. The summed E-state index contributed by atoms with van der Waals surface area (Å²) in [7, 11) is 0. The van der Waals surface area contributed by atoms with Gasteiger partial charge in [-0.15, -0.1) is 0 Å². The first-order valence-corrected chi connectivity index (χ1v) is 5.04. The minimum absolute atomic E-state index is 0.0132. The molecule has 0 saturated carbocycles. The predicted octanol–water partition coefficient (Wildman–Crippen LogP) is 1.99. The lowest BCUT2D eigenvalue weighted by Gasteiger charge is -2.03. The van der Waals surface area contributed by atoms with Crippen LogP contribution in [0.15, 0.2) is 45.8 Å². The number of halogens is 1. The van der Waals surface area contributed by atoms with E-state index in [4.69, 9.17) is 0 Å². The van der Waals surface area contributed by atoms with Crippen LogP contribution in [0.5, 0.6) is 0 Å². The van der Waals surface area contributed by atoms with Crippen molar-refractivity contribution in [1.29, 1.82) is 0 Å². The fourth-order valence-corrected chi connectivity index (χ4v) is 1.68. The molecule has 14 heavy (non-hydrogen) atoms. The summed E-state index contributed by atoms with van der Waals surface area (Å²) in [6.07, 6.45) is 1.64. The second-order valence-corrected chi connectivity index (χ2v) is 3.83. The molecule has 4 heteroatoms. The molecule has 2 aromatic rings. The van der Waals surface area contributed by atoms with Gasteiger partial charge < -0.3 is 5.10 Å². The van der Waals surface area contributed by atoms with E-state index in [9.17, 15) is 4.79 Å². The Kier molecular flexibility index (Phi) is 2.54. The number of H-pyrrole nitrogens is 1. The molecule has 0 unspecified atom stereocenters. The number of aromatic amines is 1. The highest BCUT2D eigenvalue weighted by Crippen LogP contribution is 2.15. The third-order valence-corrected chi connectivity index (χ3v) is 2.78. The van der Waals surface area contributed by atoms with Gasteiger partial charge in [0.25, 0.3) is 5.56 Å². The maximum atomic E-state index is 11.3. The van der Waals surface area contributed by atoms with Crippen molar-refractivity contribution in [3.63, 3.8) is 0 Å². The molecule has 2 rings (SSSR count). The number of nitrogens with one attached hydrogen (secondary N) is 1. The molecule has 3 nitrogen and oxygen atoms in total. The summed E-state index contributed by atoms with van der Waals surface area (Å²) in [5, 5.41) is 2.86. The molecule has 1 N–H and O–H groups in total. The fourth-order valence-electron chi connectivity index (χ4n) is 1.27. The molecule has 1 aromatic heterocycles. The van der Waals surface area contributed by atoms with E-state index in [1.807, 2.05) is 24.3 Å². The summed E-state index contributed by atoms with van der Waals surface area (Å²) in [5.41, 5.74) is 1.07. The molecular weight excluding hydrogens is 244 g/mol. The van der Waals surface area contributed by atoms with Crippen LogP contribution < -0.4 is 5.56 Å². The lowest BCUT2D eigenvalue weighted by atomic mass is 10.2. The topological polar surface area (TPSA) is 37.8 Å². The van der Waals surface area contributed by atoms with E-state index in [-0.39, 0.29) is 5.56 Å². The first-order chi connectivity index (χ1) is 6.77. The molecule has 0 spiro atoms. The summed E-state index contributed by atoms with van der Waals surface area (Å²) < 4.78 is 2.57. The Morgan fingerprint density at radius 2 is 2.07 bits per heavy atom. The van der Waals surface area contributed by atoms with Crippen LogP contribution in [0, 0.1) is 0 Å². The minimum atomic E-state index is -0.0132. The highest BCUT2D eigenvalue weighted by Gasteiger charge is 2.01. The smallest absolute Gasteiger partial charge is 0.266 e. The van der Waals surface area contributed by atoms with Crippen LogP contribution in [-0.2, 0) is 6.54 Å². The van der Waals surface area contributed by atoms with Gasteiger partial charge in [0.1, 0.15) is 0 Å². The van der Waals surface area contributed by atoms with E-state index in [0.717, 1.165) is 10.0 Å². The molecule has 0 atom stereocenters. The van der Waals surface area contributed by atoms with Crippen LogP contribution in [-0.4, -0.2) is 9.78 Å². The maximum Gasteiger partial charge on any atom is 0.266 e. The van der Waals surface area contributed by atoms with Gasteiger partial charge in [0, 0.05) is 16.7 Å². The highest BCUT2D eigenvalue weighted by molar-refractivity contribution is 9.10. The lowest BCUT2D eigenvalue weighted by Crippen LogP contribution is -2.16. The molecular formula is C10H9BrN2O. The molecule has 0 radical (unpaired) electrons. The summed E-state index contributed by atoms with van der Waals surface area (Å²) in [4.78, 5) is 11.3. The maximum absolute atomic E-state index is 11.3. The number of hydrogen-bond donors (Lipinski definition) is 1. The standard InChI is InChI=1S/C10H9BrN2O/c11-9-4-2-1-3-8(9)7-13-10(14)5-6-12-13/h1-6,12H,7H2. The van der Waals surface area contributed by atoms with Crippen molar-refractivity contribution in [3.8, 4) is 0 Å². The van der Waals surface area contributed by atoms with Crippen molar-refractivity contribution < 1.29 is 0 Å². The monoisotopic (exact) mass is 252 g/mol. The van der Waals surface area contributed by atoms with Crippen LogP contribution in [0.1, 0.15) is 5.56 Å². The minimum Gasteiger partial charge on any atom is -0.303 e. The first kappa shape index (κ1) is 9.27. The summed E-state index contributed by atoms with van der Waals surface area (Å²) in [6, 6.07) is 9.36. The van der Waals surface area contributed by atoms with Crippen molar-refractivity contribution in [2.24, 2.45) is 0 Å².